The van der Waals surface area contributed by atoms with Gasteiger partial charge in [0.05, 0.1) is 0 Å². The summed E-state index contributed by atoms with van der Waals surface area (Å²) in [4.78, 5) is 29.3. The second-order valence-electron chi connectivity index (χ2n) is 0.600. The molecular formula is H4FeMgO4Si. The molecule has 0 unspecified atom stereocenters. The molecule has 0 fully saturated rings. The van der Waals surface area contributed by atoms with Crippen LogP contribution in [0.1, 0.15) is 0 Å². The molecule has 0 aromatic rings. The Kier molecular flexibility index (Phi) is 12.3. The Morgan fingerprint density at radius 3 is 0.857 bits per heavy atom. The summed E-state index contributed by atoms with van der Waals surface area (Å²) in [6.07, 6.45) is 0. The van der Waals surface area contributed by atoms with Gasteiger partial charge in [-0.1, -0.05) is 0 Å². The molecule has 0 atom stereocenters. The molecule has 4 nitrogen and oxygen atoms in total. The van der Waals surface area contributed by atoms with E-state index in [1.807, 2.05) is 0 Å². The van der Waals surface area contributed by atoms with E-state index in [1.165, 1.54) is 0 Å². The fraction of sp³-hybridized carbons (Fsp3) is 0. The van der Waals surface area contributed by atoms with Crippen molar-refractivity contribution in [3.63, 3.8) is 0 Å². The molecule has 0 saturated carbocycles. The smallest absolute Gasteiger partial charge is 0.368 e. The van der Waals surface area contributed by atoms with Crippen molar-refractivity contribution < 1.29 is 36.3 Å². The number of hydrogen-bond donors (Lipinski definition) is 4. The molecule has 0 spiro atoms. The van der Waals surface area contributed by atoms with Crippen LogP contribution < -0.4 is 0 Å². The Bertz CT molecular complexity index is 27.2. The van der Waals surface area contributed by atoms with Gasteiger partial charge in [-0.05, 0) is 0 Å². The van der Waals surface area contributed by atoms with Crippen molar-refractivity contribution in [2.75, 3.05) is 0 Å². The van der Waals surface area contributed by atoms with Gasteiger partial charge < -0.3 is 19.2 Å². The summed E-state index contributed by atoms with van der Waals surface area (Å²) in [7, 11) is -4.61. The first-order chi connectivity index (χ1) is 2.00. The van der Waals surface area contributed by atoms with E-state index >= 15 is 0 Å². The molecule has 0 aromatic carbocycles. The van der Waals surface area contributed by atoms with E-state index in [0.29, 0.717) is 0 Å². The van der Waals surface area contributed by atoms with Crippen molar-refractivity contribution in [1.82, 2.24) is 0 Å². The molecule has 0 saturated heterocycles. The van der Waals surface area contributed by atoms with Crippen LogP contribution in [0.15, 0.2) is 0 Å². The molecule has 0 heterocycles. The zero-order chi connectivity index (χ0) is 4.50. The van der Waals surface area contributed by atoms with Crippen molar-refractivity contribution in [3.8, 4) is 0 Å². The minimum absolute atomic E-state index is 0. The standard InChI is InChI=1S/Fe.Mg.H4O4Si/c;;1-5(2,3)4/h;;1-4H. The van der Waals surface area contributed by atoms with E-state index in [9.17, 15) is 0 Å². The summed E-state index contributed by atoms with van der Waals surface area (Å²) in [6, 6.07) is 0. The van der Waals surface area contributed by atoms with E-state index in [1.54, 1.807) is 0 Å². The summed E-state index contributed by atoms with van der Waals surface area (Å²) >= 11 is 0. The molecule has 7 heavy (non-hydrogen) atoms. The van der Waals surface area contributed by atoms with E-state index in [4.69, 9.17) is 19.2 Å². The molecule has 0 aliphatic carbocycles. The van der Waals surface area contributed by atoms with Crippen molar-refractivity contribution in [2.45, 2.75) is 0 Å². The Hall–Kier alpha value is 1.34. The average Bonchev–Trinajstić information content (AvgIpc) is 0.722. The quantitative estimate of drug-likeness (QED) is 0.297. The van der Waals surface area contributed by atoms with Gasteiger partial charge in [0.2, 0.25) is 0 Å². The Balaban J connectivity index is -0.0000000800. The largest absolute Gasteiger partial charge is 0.668 e. The van der Waals surface area contributed by atoms with Gasteiger partial charge in [-0.15, -0.1) is 0 Å². The second kappa shape index (κ2) is 5.48. The molecule has 2 radical (unpaired) electrons. The fourth-order valence-corrected chi connectivity index (χ4v) is 0. The summed E-state index contributed by atoms with van der Waals surface area (Å²) < 4.78 is 0. The van der Waals surface area contributed by atoms with E-state index < -0.39 is 9.05 Å². The summed E-state index contributed by atoms with van der Waals surface area (Å²) in [5, 5.41) is 0. The van der Waals surface area contributed by atoms with Gasteiger partial charge >= 0.3 is 9.05 Å². The van der Waals surface area contributed by atoms with Crippen LogP contribution in [0.5, 0.6) is 0 Å². The molecule has 0 amide bonds. The molecule has 0 bridgehead atoms. The van der Waals surface area contributed by atoms with Crippen LogP contribution in [0.25, 0.3) is 0 Å². The van der Waals surface area contributed by atoms with Crippen LogP contribution in [0.3, 0.4) is 0 Å². The van der Waals surface area contributed by atoms with Crippen LogP contribution >= 0.6 is 0 Å². The predicted octanol–water partition coefficient (Wildman–Crippen LogP) is -2.99. The van der Waals surface area contributed by atoms with Crippen molar-refractivity contribution >= 4 is 32.1 Å². The first-order valence-electron chi connectivity index (χ1n) is 0.894. The third-order valence-electron chi connectivity index (χ3n) is 0. The molecule has 0 rings (SSSR count). The molecule has 0 aliphatic rings. The van der Waals surface area contributed by atoms with Gasteiger partial charge in [-0.3, -0.25) is 0 Å². The van der Waals surface area contributed by atoms with Crippen LogP contribution in [-0.2, 0) is 17.1 Å². The third kappa shape index (κ3) is 116. The van der Waals surface area contributed by atoms with Gasteiger partial charge in [0.15, 0.2) is 0 Å². The SMILES string of the molecule is O[Si](O)(O)O.[Fe].[Mg]. The zero-order valence-electron chi connectivity index (χ0n) is 3.35. The second-order valence-corrected chi connectivity index (χ2v) is 1.80. The Morgan fingerprint density at radius 2 is 0.857 bits per heavy atom. The fourth-order valence-electron chi connectivity index (χ4n) is 0. The van der Waals surface area contributed by atoms with Crippen LogP contribution in [0.4, 0.5) is 0 Å². The molecule has 0 aromatic heterocycles. The monoisotopic (exact) mass is 176 g/mol. The number of rotatable bonds is 0. The minimum atomic E-state index is -4.61. The minimum Gasteiger partial charge on any atom is -0.368 e. The molecular weight excluding hydrogens is 172 g/mol. The van der Waals surface area contributed by atoms with Crippen molar-refractivity contribution in [1.29, 1.82) is 0 Å². The van der Waals surface area contributed by atoms with Gasteiger partial charge in [0, 0.05) is 40.1 Å². The molecule has 7 heteroatoms. The first-order valence-corrected chi connectivity index (χ1v) is 2.68. The van der Waals surface area contributed by atoms with Crippen LogP contribution in [-0.4, -0.2) is 51.3 Å². The topological polar surface area (TPSA) is 80.9 Å². The molecule has 0 aliphatic heterocycles. The average molecular weight is 176 g/mol. The van der Waals surface area contributed by atoms with Gasteiger partial charge in [0.25, 0.3) is 0 Å². The molecule has 42 valence electrons. The van der Waals surface area contributed by atoms with Crippen molar-refractivity contribution in [2.24, 2.45) is 0 Å². The molecule has 4 N–H and O–H groups in total. The maximum atomic E-state index is 7.33. The van der Waals surface area contributed by atoms with Crippen LogP contribution in [0, 0.1) is 0 Å². The maximum absolute atomic E-state index is 7.33. The van der Waals surface area contributed by atoms with Gasteiger partial charge in [-0.25, -0.2) is 0 Å². The van der Waals surface area contributed by atoms with Gasteiger partial charge in [-0.2, -0.15) is 0 Å². The normalized spacial score (nSPS) is 8.57. The zero-order valence-corrected chi connectivity index (χ0v) is 6.87. The summed E-state index contributed by atoms with van der Waals surface area (Å²) in [5.74, 6) is 0. The van der Waals surface area contributed by atoms with Crippen molar-refractivity contribution in [3.05, 3.63) is 0 Å². The third-order valence-corrected chi connectivity index (χ3v) is 0. The predicted molar refractivity (Wildman–Crippen MR) is 20.4 cm³/mol. The first kappa shape index (κ1) is 15.8. The van der Waals surface area contributed by atoms with E-state index in [0.717, 1.165) is 0 Å². The van der Waals surface area contributed by atoms with E-state index in [2.05, 4.69) is 0 Å². The summed E-state index contributed by atoms with van der Waals surface area (Å²) in [5.41, 5.74) is 0. The Morgan fingerprint density at radius 1 is 0.857 bits per heavy atom. The van der Waals surface area contributed by atoms with Crippen LogP contribution in [0.2, 0.25) is 0 Å². The summed E-state index contributed by atoms with van der Waals surface area (Å²) in [6.45, 7) is 0. The number of hydrogen-bond acceptors (Lipinski definition) is 4. The Labute approximate surface area is 68.3 Å². The van der Waals surface area contributed by atoms with E-state index in [-0.39, 0.29) is 40.1 Å². The maximum Gasteiger partial charge on any atom is 0.668 e. The van der Waals surface area contributed by atoms with Gasteiger partial charge in [0.1, 0.15) is 0 Å².